The van der Waals surface area contributed by atoms with Gasteiger partial charge in [-0.25, -0.2) is 0 Å². The minimum absolute atomic E-state index is 0.124. The summed E-state index contributed by atoms with van der Waals surface area (Å²) >= 11 is 0. The number of carbonyl (C=O) groups is 1. The van der Waals surface area contributed by atoms with Crippen molar-refractivity contribution in [1.29, 1.82) is 0 Å². The van der Waals surface area contributed by atoms with Crippen molar-refractivity contribution in [3.05, 3.63) is 11.8 Å². The average molecular weight is 154 g/mol. The summed E-state index contributed by atoms with van der Waals surface area (Å²) in [5.41, 5.74) is 0.124. The van der Waals surface area contributed by atoms with E-state index in [-0.39, 0.29) is 11.2 Å². The number of hydrogen-bond acceptors (Lipinski definition) is 2. The molecule has 1 aliphatic carbocycles. The minimum Gasteiger partial charge on any atom is -0.493 e. The molecule has 11 heavy (non-hydrogen) atoms. The maximum Gasteiger partial charge on any atom is 0.197 e. The lowest BCUT2D eigenvalue weighted by Crippen LogP contribution is -2.22. The second-order valence-corrected chi connectivity index (χ2v) is 3.74. The number of Topliss-reactive ketones (excluding diaryl/α,β-unsaturated/α-hetero) is 1. The van der Waals surface area contributed by atoms with E-state index < -0.39 is 0 Å². The van der Waals surface area contributed by atoms with Gasteiger partial charge >= 0.3 is 0 Å². The molecule has 0 heterocycles. The molecule has 0 unspecified atom stereocenters. The third-order valence-electron chi connectivity index (χ3n) is 1.97. The fourth-order valence-corrected chi connectivity index (χ4v) is 1.27. The van der Waals surface area contributed by atoms with Gasteiger partial charge in [-0.15, -0.1) is 0 Å². The van der Waals surface area contributed by atoms with Crippen molar-refractivity contribution in [3.63, 3.8) is 0 Å². The summed E-state index contributed by atoms with van der Waals surface area (Å²) in [6, 6.07) is 0. The molecule has 0 aliphatic heterocycles. The van der Waals surface area contributed by atoms with E-state index in [0.29, 0.717) is 12.2 Å². The summed E-state index contributed by atoms with van der Waals surface area (Å²) in [6.07, 6.45) is 3.42. The third-order valence-corrected chi connectivity index (χ3v) is 1.97. The highest BCUT2D eigenvalue weighted by Gasteiger charge is 2.28. The van der Waals surface area contributed by atoms with E-state index in [4.69, 9.17) is 4.74 Å². The van der Waals surface area contributed by atoms with Crippen LogP contribution in [-0.4, -0.2) is 12.9 Å². The van der Waals surface area contributed by atoms with Crippen molar-refractivity contribution in [2.45, 2.75) is 26.7 Å². The quantitative estimate of drug-likeness (QED) is 0.576. The van der Waals surface area contributed by atoms with Crippen molar-refractivity contribution < 1.29 is 9.53 Å². The third kappa shape index (κ3) is 1.82. The Balaban J connectivity index is 2.76. The Hall–Kier alpha value is -0.790. The molecule has 0 saturated heterocycles. The molecular weight excluding hydrogens is 140 g/mol. The van der Waals surface area contributed by atoms with Gasteiger partial charge in [0.15, 0.2) is 11.5 Å². The van der Waals surface area contributed by atoms with Crippen LogP contribution in [0, 0.1) is 5.41 Å². The van der Waals surface area contributed by atoms with Crippen LogP contribution in [0.25, 0.3) is 0 Å². The van der Waals surface area contributed by atoms with E-state index in [9.17, 15) is 4.79 Å². The van der Waals surface area contributed by atoms with Gasteiger partial charge < -0.3 is 4.74 Å². The fraction of sp³-hybridized carbons (Fsp3) is 0.667. The number of allylic oxidation sites excluding steroid dienone is 2. The molecule has 0 radical (unpaired) electrons. The number of hydrogen-bond donors (Lipinski definition) is 0. The van der Waals surface area contributed by atoms with Crippen molar-refractivity contribution >= 4 is 5.78 Å². The Bertz CT molecular complexity index is 202. The highest BCUT2D eigenvalue weighted by atomic mass is 16.5. The van der Waals surface area contributed by atoms with Crippen LogP contribution in [0.1, 0.15) is 26.7 Å². The molecule has 62 valence electrons. The Kier molecular flexibility index (Phi) is 2.03. The van der Waals surface area contributed by atoms with E-state index in [0.717, 1.165) is 6.42 Å². The number of ether oxygens (including phenoxy) is 1. The summed E-state index contributed by atoms with van der Waals surface area (Å²) in [6.45, 7) is 4.18. The molecule has 0 aromatic rings. The van der Waals surface area contributed by atoms with Gasteiger partial charge in [0.1, 0.15) is 0 Å². The molecule has 0 aromatic carbocycles. The number of methoxy groups -OCH3 is 1. The molecule has 0 aromatic heterocycles. The van der Waals surface area contributed by atoms with Gasteiger partial charge in [-0.05, 0) is 17.9 Å². The topological polar surface area (TPSA) is 26.3 Å². The predicted molar refractivity (Wildman–Crippen MR) is 43.1 cm³/mol. The van der Waals surface area contributed by atoms with Crippen molar-refractivity contribution in [3.8, 4) is 0 Å². The Labute approximate surface area is 67.2 Å². The zero-order valence-corrected chi connectivity index (χ0v) is 7.31. The van der Waals surface area contributed by atoms with Gasteiger partial charge in [-0.2, -0.15) is 0 Å². The van der Waals surface area contributed by atoms with Gasteiger partial charge in [-0.3, -0.25) is 4.79 Å². The molecule has 2 heteroatoms. The molecule has 1 rings (SSSR count). The highest BCUT2D eigenvalue weighted by Crippen LogP contribution is 2.31. The van der Waals surface area contributed by atoms with Crippen LogP contribution in [0.3, 0.4) is 0 Å². The minimum atomic E-state index is 0.124. The lowest BCUT2D eigenvalue weighted by atomic mass is 9.80. The summed E-state index contributed by atoms with van der Waals surface area (Å²) < 4.78 is 4.91. The first-order valence-electron chi connectivity index (χ1n) is 3.82. The van der Waals surface area contributed by atoms with E-state index >= 15 is 0 Å². The van der Waals surface area contributed by atoms with Crippen LogP contribution in [0.5, 0.6) is 0 Å². The summed E-state index contributed by atoms with van der Waals surface area (Å²) in [4.78, 5) is 11.2. The first kappa shape index (κ1) is 8.31. The summed E-state index contributed by atoms with van der Waals surface area (Å²) in [5, 5.41) is 0. The zero-order chi connectivity index (χ0) is 8.48. The standard InChI is InChI=1S/C9H14O2/c1-9(2)5-4-8(11-3)7(10)6-9/h4H,5-6H2,1-3H3. The van der Waals surface area contributed by atoms with Crippen molar-refractivity contribution in [2.75, 3.05) is 7.11 Å². The number of ketones is 1. The van der Waals surface area contributed by atoms with Crippen LogP contribution in [0.4, 0.5) is 0 Å². The van der Waals surface area contributed by atoms with Crippen molar-refractivity contribution in [1.82, 2.24) is 0 Å². The molecular formula is C9H14O2. The zero-order valence-electron chi connectivity index (χ0n) is 7.31. The van der Waals surface area contributed by atoms with E-state index in [1.54, 1.807) is 7.11 Å². The van der Waals surface area contributed by atoms with Gasteiger partial charge in [0.05, 0.1) is 7.11 Å². The Morgan fingerprint density at radius 3 is 2.64 bits per heavy atom. The summed E-state index contributed by atoms with van der Waals surface area (Å²) in [5.74, 6) is 0.660. The first-order valence-corrected chi connectivity index (χ1v) is 3.82. The first-order chi connectivity index (χ1) is 5.05. The van der Waals surface area contributed by atoms with Gasteiger partial charge in [-0.1, -0.05) is 13.8 Å². The molecule has 0 spiro atoms. The Morgan fingerprint density at radius 1 is 1.55 bits per heavy atom. The predicted octanol–water partition coefficient (Wildman–Crippen LogP) is 1.91. The lowest BCUT2D eigenvalue weighted by molar-refractivity contribution is -0.121. The van der Waals surface area contributed by atoms with Crippen molar-refractivity contribution in [2.24, 2.45) is 5.41 Å². The normalized spacial score (nSPS) is 22.8. The van der Waals surface area contributed by atoms with E-state index in [1.165, 1.54) is 0 Å². The Morgan fingerprint density at radius 2 is 2.18 bits per heavy atom. The average Bonchev–Trinajstić information content (AvgIpc) is 1.86. The molecule has 0 atom stereocenters. The SMILES string of the molecule is COC1=CCC(C)(C)CC1=O. The number of carbonyl (C=O) groups excluding carboxylic acids is 1. The van der Waals surface area contributed by atoms with Crippen LogP contribution in [0.15, 0.2) is 11.8 Å². The smallest absolute Gasteiger partial charge is 0.197 e. The molecule has 0 fully saturated rings. The van der Waals surface area contributed by atoms with Crippen LogP contribution in [0.2, 0.25) is 0 Å². The van der Waals surface area contributed by atoms with Crippen LogP contribution in [-0.2, 0) is 9.53 Å². The van der Waals surface area contributed by atoms with Crippen LogP contribution >= 0.6 is 0 Å². The second-order valence-electron chi connectivity index (χ2n) is 3.74. The van der Waals surface area contributed by atoms with E-state index in [1.807, 2.05) is 6.08 Å². The fourth-order valence-electron chi connectivity index (χ4n) is 1.27. The largest absolute Gasteiger partial charge is 0.493 e. The van der Waals surface area contributed by atoms with E-state index in [2.05, 4.69) is 13.8 Å². The molecule has 0 bridgehead atoms. The molecule has 0 saturated carbocycles. The maximum atomic E-state index is 11.2. The molecule has 1 aliphatic rings. The molecule has 0 N–H and O–H groups in total. The highest BCUT2D eigenvalue weighted by molar-refractivity contribution is 5.94. The van der Waals surface area contributed by atoms with Crippen LogP contribution < -0.4 is 0 Å². The molecule has 2 nitrogen and oxygen atoms in total. The monoisotopic (exact) mass is 154 g/mol. The summed E-state index contributed by atoms with van der Waals surface area (Å²) in [7, 11) is 1.54. The molecule has 0 amide bonds. The van der Waals surface area contributed by atoms with Gasteiger partial charge in [0, 0.05) is 6.42 Å². The lowest BCUT2D eigenvalue weighted by Gasteiger charge is -2.26. The maximum absolute atomic E-state index is 11.2. The number of rotatable bonds is 1. The van der Waals surface area contributed by atoms with Gasteiger partial charge in [0.25, 0.3) is 0 Å². The van der Waals surface area contributed by atoms with Gasteiger partial charge in [0.2, 0.25) is 0 Å². The second kappa shape index (κ2) is 2.68.